The molecule has 0 radical (unpaired) electrons. The molecule has 0 aromatic heterocycles. The number of hydrogen-bond acceptors (Lipinski definition) is 5. The summed E-state index contributed by atoms with van der Waals surface area (Å²) < 4.78 is 5.38. The SMILES string of the molecule is CCOc1ccc(NC(=O)C2CC(=O)NC(N3CCCCC3)=N2)cc1. The fraction of sp³-hybridized carbons (Fsp3) is 0.500. The number of carbonyl (C=O) groups excluding carboxylic acids is 2. The van der Waals surface area contributed by atoms with Crippen molar-refractivity contribution in [1.29, 1.82) is 0 Å². The molecule has 0 bridgehead atoms. The van der Waals surface area contributed by atoms with Crippen LogP contribution in [0.3, 0.4) is 0 Å². The van der Waals surface area contributed by atoms with E-state index in [1.807, 2.05) is 6.92 Å². The predicted molar refractivity (Wildman–Crippen MR) is 95.6 cm³/mol. The zero-order valence-electron chi connectivity index (χ0n) is 14.5. The molecule has 7 nitrogen and oxygen atoms in total. The van der Waals surface area contributed by atoms with Gasteiger partial charge in [0, 0.05) is 18.8 Å². The summed E-state index contributed by atoms with van der Waals surface area (Å²) in [7, 11) is 0. The fourth-order valence-corrected chi connectivity index (χ4v) is 3.02. The van der Waals surface area contributed by atoms with Gasteiger partial charge >= 0.3 is 0 Å². The highest BCUT2D eigenvalue weighted by atomic mass is 16.5. The number of amides is 2. The average molecular weight is 344 g/mol. The van der Waals surface area contributed by atoms with Gasteiger partial charge in [0.05, 0.1) is 13.0 Å². The summed E-state index contributed by atoms with van der Waals surface area (Å²) in [6.45, 7) is 4.25. The second-order valence-corrected chi connectivity index (χ2v) is 6.22. The molecule has 2 N–H and O–H groups in total. The molecule has 1 atom stereocenters. The van der Waals surface area contributed by atoms with Gasteiger partial charge in [0.25, 0.3) is 0 Å². The minimum absolute atomic E-state index is 0.0696. The number of carbonyl (C=O) groups is 2. The minimum Gasteiger partial charge on any atom is -0.494 e. The van der Waals surface area contributed by atoms with Gasteiger partial charge in [-0.25, -0.2) is 4.99 Å². The molecule has 2 aliphatic heterocycles. The lowest BCUT2D eigenvalue weighted by atomic mass is 10.1. The van der Waals surface area contributed by atoms with E-state index in [9.17, 15) is 9.59 Å². The number of likely N-dealkylation sites (tertiary alicyclic amines) is 1. The largest absolute Gasteiger partial charge is 0.494 e. The zero-order chi connectivity index (χ0) is 17.6. The van der Waals surface area contributed by atoms with Crippen LogP contribution in [0, 0.1) is 0 Å². The molecule has 1 fully saturated rings. The Balaban J connectivity index is 1.66. The Hall–Kier alpha value is -2.57. The van der Waals surface area contributed by atoms with E-state index in [1.54, 1.807) is 24.3 Å². The number of piperidine rings is 1. The van der Waals surface area contributed by atoms with Crippen LogP contribution in [0.2, 0.25) is 0 Å². The van der Waals surface area contributed by atoms with Crippen LogP contribution in [0.4, 0.5) is 5.69 Å². The molecular formula is C18H24N4O3. The lowest BCUT2D eigenvalue weighted by molar-refractivity contribution is -0.125. The van der Waals surface area contributed by atoms with Gasteiger partial charge in [0.15, 0.2) is 0 Å². The number of aliphatic imine (C=N–C) groups is 1. The van der Waals surface area contributed by atoms with E-state index in [1.165, 1.54) is 6.42 Å². The summed E-state index contributed by atoms with van der Waals surface area (Å²) in [6, 6.07) is 6.46. The van der Waals surface area contributed by atoms with Crippen LogP contribution < -0.4 is 15.4 Å². The first kappa shape index (κ1) is 17.3. The topological polar surface area (TPSA) is 83.0 Å². The molecule has 1 aromatic carbocycles. The number of nitrogens with one attached hydrogen (secondary N) is 2. The van der Waals surface area contributed by atoms with Crippen LogP contribution in [-0.2, 0) is 9.59 Å². The highest BCUT2D eigenvalue weighted by Crippen LogP contribution is 2.18. The van der Waals surface area contributed by atoms with Gasteiger partial charge in [0.2, 0.25) is 17.8 Å². The summed E-state index contributed by atoms with van der Waals surface area (Å²) in [6.07, 6.45) is 3.43. The Morgan fingerprint density at radius 1 is 1.28 bits per heavy atom. The van der Waals surface area contributed by atoms with E-state index in [0.29, 0.717) is 18.3 Å². The van der Waals surface area contributed by atoms with Crippen molar-refractivity contribution >= 4 is 23.5 Å². The van der Waals surface area contributed by atoms with Crippen LogP contribution in [0.15, 0.2) is 29.3 Å². The average Bonchev–Trinajstić information content (AvgIpc) is 2.64. The first-order valence-corrected chi connectivity index (χ1v) is 8.82. The Morgan fingerprint density at radius 2 is 2.00 bits per heavy atom. The lowest BCUT2D eigenvalue weighted by Crippen LogP contribution is -2.51. The molecular weight excluding hydrogens is 320 g/mol. The fourth-order valence-electron chi connectivity index (χ4n) is 3.02. The first-order valence-electron chi connectivity index (χ1n) is 8.82. The molecule has 3 rings (SSSR count). The summed E-state index contributed by atoms with van der Waals surface area (Å²) in [5.41, 5.74) is 0.661. The van der Waals surface area contributed by atoms with Crippen molar-refractivity contribution in [2.45, 2.75) is 38.6 Å². The van der Waals surface area contributed by atoms with E-state index >= 15 is 0 Å². The van der Waals surface area contributed by atoms with Gasteiger partial charge in [0.1, 0.15) is 11.8 Å². The summed E-state index contributed by atoms with van der Waals surface area (Å²) >= 11 is 0. The van der Waals surface area contributed by atoms with Gasteiger partial charge in [-0.2, -0.15) is 0 Å². The quantitative estimate of drug-likeness (QED) is 0.872. The number of ether oxygens (including phenoxy) is 1. The van der Waals surface area contributed by atoms with Gasteiger partial charge in [-0.15, -0.1) is 0 Å². The van der Waals surface area contributed by atoms with Crippen molar-refractivity contribution in [3.8, 4) is 5.75 Å². The van der Waals surface area contributed by atoms with Gasteiger partial charge in [-0.1, -0.05) is 0 Å². The molecule has 2 aliphatic rings. The molecule has 1 aromatic rings. The summed E-state index contributed by atoms with van der Waals surface area (Å²) in [5, 5.41) is 5.62. The lowest BCUT2D eigenvalue weighted by Gasteiger charge is -2.32. The van der Waals surface area contributed by atoms with Crippen molar-refractivity contribution in [3.63, 3.8) is 0 Å². The van der Waals surface area contributed by atoms with Crippen LogP contribution in [0.1, 0.15) is 32.6 Å². The van der Waals surface area contributed by atoms with E-state index in [2.05, 4.69) is 20.5 Å². The summed E-state index contributed by atoms with van der Waals surface area (Å²) in [4.78, 5) is 31.0. The Morgan fingerprint density at radius 3 is 2.68 bits per heavy atom. The maximum atomic E-state index is 12.5. The first-order chi connectivity index (χ1) is 12.2. The third-order valence-corrected chi connectivity index (χ3v) is 4.30. The standard InChI is InChI=1S/C18H24N4O3/c1-2-25-14-8-6-13(7-9-14)19-17(24)15-12-16(23)21-18(20-15)22-10-4-3-5-11-22/h6-9,15H,2-5,10-12H2,1H3,(H,19,24)(H,20,21,23). The van der Waals surface area contributed by atoms with Gasteiger partial charge in [-0.3, -0.25) is 14.9 Å². The van der Waals surface area contributed by atoms with Crippen molar-refractivity contribution in [2.75, 3.05) is 25.0 Å². The molecule has 0 aliphatic carbocycles. The number of anilines is 1. The number of rotatable bonds is 4. The van der Waals surface area contributed by atoms with Crippen LogP contribution in [-0.4, -0.2) is 48.4 Å². The van der Waals surface area contributed by atoms with Crippen molar-refractivity contribution in [3.05, 3.63) is 24.3 Å². The van der Waals surface area contributed by atoms with Gasteiger partial charge in [-0.05, 0) is 50.5 Å². The molecule has 2 amide bonds. The zero-order valence-corrected chi connectivity index (χ0v) is 14.5. The molecule has 134 valence electrons. The highest BCUT2D eigenvalue weighted by molar-refractivity contribution is 6.05. The van der Waals surface area contributed by atoms with Crippen molar-refractivity contribution < 1.29 is 14.3 Å². The maximum absolute atomic E-state index is 12.5. The monoisotopic (exact) mass is 344 g/mol. The Bertz CT molecular complexity index is 651. The van der Waals surface area contributed by atoms with Crippen LogP contribution in [0.25, 0.3) is 0 Å². The highest BCUT2D eigenvalue weighted by Gasteiger charge is 2.29. The van der Waals surface area contributed by atoms with Crippen LogP contribution in [0.5, 0.6) is 5.75 Å². The third-order valence-electron chi connectivity index (χ3n) is 4.30. The molecule has 0 saturated carbocycles. The predicted octanol–water partition coefficient (Wildman–Crippen LogP) is 1.75. The number of hydrogen-bond donors (Lipinski definition) is 2. The minimum atomic E-state index is -0.697. The Kier molecular flexibility index (Phi) is 5.53. The van der Waals surface area contributed by atoms with Gasteiger partial charge < -0.3 is 15.0 Å². The molecule has 0 spiro atoms. The van der Waals surface area contributed by atoms with E-state index in [-0.39, 0.29) is 18.2 Å². The normalized spacial score (nSPS) is 20.5. The molecule has 7 heteroatoms. The molecule has 1 saturated heterocycles. The molecule has 1 unspecified atom stereocenters. The number of guanidine groups is 1. The van der Waals surface area contributed by atoms with E-state index < -0.39 is 6.04 Å². The third kappa shape index (κ3) is 4.49. The van der Waals surface area contributed by atoms with E-state index in [4.69, 9.17) is 4.74 Å². The van der Waals surface area contributed by atoms with Crippen LogP contribution >= 0.6 is 0 Å². The van der Waals surface area contributed by atoms with Crippen molar-refractivity contribution in [2.24, 2.45) is 4.99 Å². The smallest absolute Gasteiger partial charge is 0.249 e. The molecule has 25 heavy (non-hydrogen) atoms. The van der Waals surface area contributed by atoms with E-state index in [0.717, 1.165) is 31.7 Å². The maximum Gasteiger partial charge on any atom is 0.249 e. The second kappa shape index (κ2) is 8.00. The number of benzene rings is 1. The number of nitrogens with zero attached hydrogens (tertiary/aromatic N) is 2. The molecule has 2 heterocycles. The second-order valence-electron chi connectivity index (χ2n) is 6.22. The summed E-state index contributed by atoms with van der Waals surface area (Å²) in [5.74, 6) is 0.849. The van der Waals surface area contributed by atoms with Crippen molar-refractivity contribution in [1.82, 2.24) is 10.2 Å². The Labute approximate surface area is 147 Å².